The summed E-state index contributed by atoms with van der Waals surface area (Å²) in [6.07, 6.45) is 2.31. The van der Waals surface area contributed by atoms with E-state index in [0.29, 0.717) is 36.0 Å². The molecule has 0 aliphatic carbocycles. The van der Waals surface area contributed by atoms with E-state index in [9.17, 15) is 8.42 Å². The van der Waals surface area contributed by atoms with Gasteiger partial charge in [0.15, 0.2) is 11.5 Å². The van der Waals surface area contributed by atoms with E-state index in [2.05, 4.69) is 15.0 Å². The van der Waals surface area contributed by atoms with Crippen molar-refractivity contribution >= 4 is 38.2 Å². The molecule has 0 aliphatic heterocycles. The number of hydrogen-bond acceptors (Lipinski definition) is 6. The van der Waals surface area contributed by atoms with Crippen LogP contribution in [0.2, 0.25) is 5.02 Å². The highest BCUT2D eigenvalue weighted by Gasteiger charge is 2.16. The van der Waals surface area contributed by atoms with Crippen molar-refractivity contribution < 1.29 is 17.9 Å². The predicted octanol–water partition coefficient (Wildman–Crippen LogP) is 3.69. The molecule has 3 rings (SSSR count). The van der Waals surface area contributed by atoms with Gasteiger partial charge in [-0.05, 0) is 42.8 Å². The lowest BCUT2D eigenvalue weighted by Crippen LogP contribution is -2.26. The monoisotopic (exact) mass is 435 g/mol. The summed E-state index contributed by atoms with van der Waals surface area (Å²) in [5.74, 6) is 0.836. The van der Waals surface area contributed by atoms with Crippen LogP contribution in [-0.2, 0) is 10.0 Å². The molecule has 2 N–H and O–H groups in total. The van der Waals surface area contributed by atoms with Gasteiger partial charge >= 0.3 is 0 Å². The quantitative estimate of drug-likeness (QED) is 0.498. The Labute approximate surface area is 175 Å². The van der Waals surface area contributed by atoms with Crippen molar-refractivity contribution in [3.8, 4) is 11.5 Å². The molecule has 0 radical (unpaired) electrons. The molecule has 0 bridgehead atoms. The van der Waals surface area contributed by atoms with Crippen LogP contribution in [0, 0.1) is 0 Å². The van der Waals surface area contributed by atoms with Gasteiger partial charge in [-0.1, -0.05) is 11.6 Å². The number of fused-ring (bicyclic) bond motifs is 1. The molecule has 0 amide bonds. The van der Waals surface area contributed by atoms with E-state index in [4.69, 9.17) is 21.1 Å². The zero-order valence-corrected chi connectivity index (χ0v) is 17.7. The van der Waals surface area contributed by atoms with Gasteiger partial charge in [-0.15, -0.1) is 0 Å². The van der Waals surface area contributed by atoms with E-state index in [-0.39, 0.29) is 4.90 Å². The van der Waals surface area contributed by atoms with Crippen molar-refractivity contribution in [2.45, 2.75) is 11.3 Å². The molecule has 0 atom stereocenters. The molecule has 0 unspecified atom stereocenters. The van der Waals surface area contributed by atoms with Crippen LogP contribution in [0.4, 0.5) is 5.69 Å². The maximum Gasteiger partial charge on any atom is 0.240 e. The Morgan fingerprint density at radius 2 is 1.79 bits per heavy atom. The number of pyridine rings is 1. The fraction of sp³-hybridized carbons (Fsp3) is 0.250. The Morgan fingerprint density at radius 3 is 2.55 bits per heavy atom. The third-order valence-corrected chi connectivity index (χ3v) is 6.02. The number of methoxy groups -OCH3 is 2. The highest BCUT2D eigenvalue weighted by molar-refractivity contribution is 7.89. The van der Waals surface area contributed by atoms with Crippen LogP contribution in [0.25, 0.3) is 10.9 Å². The summed E-state index contributed by atoms with van der Waals surface area (Å²) in [6.45, 7) is 0.884. The first-order valence-electron chi connectivity index (χ1n) is 8.94. The topological polar surface area (TPSA) is 89.6 Å². The lowest BCUT2D eigenvalue weighted by Gasteiger charge is -2.12. The number of nitrogens with zero attached hydrogens (tertiary/aromatic N) is 1. The molecule has 1 heterocycles. The molecule has 9 heteroatoms. The second kappa shape index (κ2) is 9.30. The van der Waals surface area contributed by atoms with Crippen LogP contribution >= 0.6 is 11.6 Å². The van der Waals surface area contributed by atoms with E-state index in [0.717, 1.165) is 16.6 Å². The summed E-state index contributed by atoms with van der Waals surface area (Å²) in [4.78, 5) is 4.43. The standard InChI is InChI=1S/C20H22ClN3O4S/c1-27-19-7-5-15(13-20(19)28-2)29(25,26)24-10-3-9-22-17-8-11-23-18-12-14(21)4-6-16(17)18/h4-8,11-13,24H,3,9-10H2,1-2H3,(H,22,23). The van der Waals surface area contributed by atoms with Gasteiger partial charge in [0.1, 0.15) is 0 Å². The van der Waals surface area contributed by atoms with Gasteiger partial charge in [-0.2, -0.15) is 0 Å². The summed E-state index contributed by atoms with van der Waals surface area (Å²) in [5, 5.41) is 4.90. The predicted molar refractivity (Wildman–Crippen MR) is 115 cm³/mol. The average Bonchev–Trinajstić information content (AvgIpc) is 2.72. The van der Waals surface area contributed by atoms with Crippen LogP contribution in [0.15, 0.2) is 53.6 Å². The van der Waals surface area contributed by atoms with E-state index in [1.54, 1.807) is 18.3 Å². The van der Waals surface area contributed by atoms with E-state index in [1.165, 1.54) is 26.4 Å². The van der Waals surface area contributed by atoms with Crippen LogP contribution in [0.3, 0.4) is 0 Å². The molecule has 154 valence electrons. The first-order valence-corrected chi connectivity index (χ1v) is 10.8. The van der Waals surface area contributed by atoms with Crippen LogP contribution < -0.4 is 19.5 Å². The number of ether oxygens (including phenoxy) is 2. The summed E-state index contributed by atoms with van der Waals surface area (Å²) >= 11 is 6.01. The van der Waals surface area contributed by atoms with Gasteiger partial charge in [0.25, 0.3) is 0 Å². The molecule has 0 aliphatic rings. The molecule has 0 spiro atoms. The Balaban J connectivity index is 1.57. The van der Waals surface area contributed by atoms with Gasteiger partial charge < -0.3 is 14.8 Å². The number of benzene rings is 2. The van der Waals surface area contributed by atoms with Crippen molar-refractivity contribution in [2.24, 2.45) is 0 Å². The SMILES string of the molecule is COc1ccc(S(=O)(=O)NCCCNc2ccnc3cc(Cl)ccc23)cc1OC. The Kier molecular flexibility index (Phi) is 6.79. The van der Waals surface area contributed by atoms with E-state index >= 15 is 0 Å². The second-order valence-corrected chi connectivity index (χ2v) is 8.42. The van der Waals surface area contributed by atoms with Crippen molar-refractivity contribution in [3.63, 3.8) is 0 Å². The fourth-order valence-corrected chi connectivity index (χ4v) is 4.12. The number of nitrogens with one attached hydrogen (secondary N) is 2. The zero-order valence-electron chi connectivity index (χ0n) is 16.1. The van der Waals surface area contributed by atoms with Gasteiger partial charge in [-0.25, -0.2) is 13.1 Å². The van der Waals surface area contributed by atoms with Gasteiger partial charge in [0.05, 0.1) is 24.6 Å². The molecule has 0 saturated carbocycles. The molecule has 0 saturated heterocycles. The Bertz CT molecular complexity index is 1110. The lowest BCUT2D eigenvalue weighted by atomic mass is 10.2. The molecular formula is C20H22ClN3O4S. The molecule has 0 fully saturated rings. The number of hydrogen-bond donors (Lipinski definition) is 2. The highest BCUT2D eigenvalue weighted by atomic mass is 35.5. The highest BCUT2D eigenvalue weighted by Crippen LogP contribution is 2.29. The molecule has 2 aromatic carbocycles. The lowest BCUT2D eigenvalue weighted by molar-refractivity contribution is 0.354. The van der Waals surface area contributed by atoms with Gasteiger partial charge in [0.2, 0.25) is 10.0 Å². The van der Waals surface area contributed by atoms with Gasteiger partial charge in [0, 0.05) is 41.4 Å². The minimum Gasteiger partial charge on any atom is -0.493 e. The van der Waals surface area contributed by atoms with Crippen molar-refractivity contribution in [3.05, 3.63) is 53.7 Å². The minimum atomic E-state index is -3.64. The maximum atomic E-state index is 12.5. The van der Waals surface area contributed by atoms with E-state index in [1.807, 2.05) is 18.2 Å². The number of sulfonamides is 1. The average molecular weight is 436 g/mol. The summed E-state index contributed by atoms with van der Waals surface area (Å²) in [6, 6.07) is 11.9. The molecule has 3 aromatic rings. The maximum absolute atomic E-state index is 12.5. The molecule has 29 heavy (non-hydrogen) atoms. The summed E-state index contributed by atoms with van der Waals surface area (Å²) in [7, 11) is -0.680. The number of anilines is 1. The van der Waals surface area contributed by atoms with Gasteiger partial charge in [-0.3, -0.25) is 4.98 Å². The van der Waals surface area contributed by atoms with Crippen LogP contribution in [-0.4, -0.2) is 40.7 Å². The first-order chi connectivity index (χ1) is 13.9. The van der Waals surface area contributed by atoms with Crippen molar-refractivity contribution in [2.75, 3.05) is 32.6 Å². The normalized spacial score (nSPS) is 11.4. The third-order valence-electron chi connectivity index (χ3n) is 4.33. The first kappa shape index (κ1) is 21.2. The van der Waals surface area contributed by atoms with Crippen molar-refractivity contribution in [1.29, 1.82) is 0 Å². The number of halogens is 1. The minimum absolute atomic E-state index is 0.125. The smallest absolute Gasteiger partial charge is 0.240 e. The van der Waals surface area contributed by atoms with Crippen molar-refractivity contribution in [1.82, 2.24) is 9.71 Å². The number of aromatic nitrogens is 1. The summed E-state index contributed by atoms with van der Waals surface area (Å²) < 4.78 is 37.9. The van der Waals surface area contributed by atoms with Crippen LogP contribution in [0.5, 0.6) is 11.5 Å². The molecule has 1 aromatic heterocycles. The van der Waals surface area contributed by atoms with Crippen LogP contribution in [0.1, 0.15) is 6.42 Å². The second-order valence-electron chi connectivity index (χ2n) is 6.21. The third kappa shape index (κ3) is 5.09. The largest absolute Gasteiger partial charge is 0.493 e. The number of rotatable bonds is 9. The fourth-order valence-electron chi connectivity index (χ4n) is 2.86. The Morgan fingerprint density at radius 1 is 1.00 bits per heavy atom. The Hall–Kier alpha value is -2.55. The molecular weight excluding hydrogens is 414 g/mol. The summed E-state index contributed by atoms with van der Waals surface area (Å²) in [5.41, 5.74) is 1.73. The zero-order chi connectivity index (χ0) is 20.9. The molecule has 7 nitrogen and oxygen atoms in total. The van der Waals surface area contributed by atoms with E-state index < -0.39 is 10.0 Å².